The van der Waals surface area contributed by atoms with Crippen LogP contribution < -0.4 is 4.90 Å². The van der Waals surface area contributed by atoms with Crippen molar-refractivity contribution >= 4 is 41.1 Å². The number of ether oxygens (including phenoxy) is 1. The van der Waals surface area contributed by atoms with Gasteiger partial charge in [-0.25, -0.2) is 4.79 Å². The van der Waals surface area contributed by atoms with Gasteiger partial charge in [-0.1, -0.05) is 12.1 Å². The number of hydrogen-bond acceptors (Lipinski definition) is 6. The zero-order valence-corrected chi connectivity index (χ0v) is 18.1. The average Bonchev–Trinajstić information content (AvgIpc) is 3.33. The molecule has 31 heavy (non-hydrogen) atoms. The number of fused-ring (bicyclic) bond motifs is 2. The van der Waals surface area contributed by atoms with Crippen LogP contribution in [0.25, 0.3) is 0 Å². The van der Waals surface area contributed by atoms with Gasteiger partial charge < -0.3 is 9.64 Å². The zero-order chi connectivity index (χ0) is 22.1. The first kappa shape index (κ1) is 21.1. The molecule has 0 fully saturated rings. The summed E-state index contributed by atoms with van der Waals surface area (Å²) in [6.45, 7) is 0.428. The lowest BCUT2D eigenvalue weighted by Crippen LogP contribution is -2.51. The molecule has 1 atom stereocenters. The van der Waals surface area contributed by atoms with Crippen molar-refractivity contribution in [2.45, 2.75) is 18.9 Å². The average molecular weight is 439 g/mol. The van der Waals surface area contributed by atoms with Crippen molar-refractivity contribution < 1.29 is 23.9 Å². The fraction of sp³-hybridized carbons (Fsp3) is 0.304. The van der Waals surface area contributed by atoms with Gasteiger partial charge in [-0.2, -0.15) is 11.8 Å². The first-order chi connectivity index (χ1) is 15.0. The Balaban J connectivity index is 1.65. The largest absolute Gasteiger partial charge is 0.465 e. The lowest BCUT2D eigenvalue weighted by atomic mass is 10.1. The third kappa shape index (κ3) is 3.61. The number of amides is 3. The standard InChI is InChI=1S/C23H22N2O5S/c1-30-23(29)15-7-8-18-14(13-15)9-11-24(18)22(28)19(10-12-31-2)25-20(26)16-5-3-4-6-17(16)21(25)27/h3-8,13,19H,9-12H2,1-2H3. The Kier molecular flexibility index (Phi) is 5.82. The van der Waals surface area contributed by atoms with Gasteiger partial charge in [-0.3, -0.25) is 19.3 Å². The molecular weight excluding hydrogens is 416 g/mol. The normalized spacial score (nSPS) is 15.7. The van der Waals surface area contributed by atoms with E-state index in [2.05, 4.69) is 0 Å². The number of imide groups is 1. The fourth-order valence-corrected chi connectivity index (χ4v) is 4.60. The summed E-state index contributed by atoms with van der Waals surface area (Å²) in [5.74, 6) is -0.947. The van der Waals surface area contributed by atoms with Crippen molar-refractivity contribution in [2.24, 2.45) is 0 Å². The Bertz CT molecular complexity index is 1050. The van der Waals surface area contributed by atoms with Crippen LogP contribution in [0, 0.1) is 0 Å². The second-order valence-electron chi connectivity index (χ2n) is 7.40. The lowest BCUT2D eigenvalue weighted by molar-refractivity contribution is -0.122. The van der Waals surface area contributed by atoms with Crippen LogP contribution in [0.2, 0.25) is 0 Å². The molecule has 4 rings (SSSR count). The van der Waals surface area contributed by atoms with Gasteiger partial charge in [0.25, 0.3) is 11.8 Å². The molecule has 0 aromatic heterocycles. The molecule has 2 heterocycles. The SMILES string of the molecule is COC(=O)c1ccc2c(c1)CCN2C(=O)C(CCSC)N1C(=O)c2ccccc2C1=O. The number of nitrogens with zero attached hydrogens (tertiary/aromatic N) is 2. The Morgan fingerprint density at radius 1 is 1.10 bits per heavy atom. The quantitative estimate of drug-likeness (QED) is 0.509. The van der Waals surface area contributed by atoms with Gasteiger partial charge in [-0.05, 0) is 60.7 Å². The lowest BCUT2D eigenvalue weighted by Gasteiger charge is -2.29. The van der Waals surface area contributed by atoms with E-state index in [0.717, 1.165) is 10.5 Å². The first-order valence-corrected chi connectivity index (χ1v) is 11.4. The minimum atomic E-state index is -0.883. The third-order valence-corrected chi connectivity index (χ3v) is 6.32. The molecule has 1 unspecified atom stereocenters. The van der Waals surface area contributed by atoms with Gasteiger partial charge in [0.15, 0.2) is 0 Å². The van der Waals surface area contributed by atoms with Crippen molar-refractivity contribution in [2.75, 3.05) is 30.6 Å². The van der Waals surface area contributed by atoms with Crippen LogP contribution in [0.4, 0.5) is 5.69 Å². The van der Waals surface area contributed by atoms with Crippen molar-refractivity contribution in [3.63, 3.8) is 0 Å². The van der Waals surface area contributed by atoms with Crippen LogP contribution in [0.5, 0.6) is 0 Å². The van der Waals surface area contributed by atoms with Gasteiger partial charge in [-0.15, -0.1) is 0 Å². The van der Waals surface area contributed by atoms with Gasteiger partial charge in [0.2, 0.25) is 5.91 Å². The van der Waals surface area contributed by atoms with Gasteiger partial charge in [0.1, 0.15) is 6.04 Å². The highest BCUT2D eigenvalue weighted by Crippen LogP contribution is 2.33. The van der Waals surface area contributed by atoms with Gasteiger partial charge in [0, 0.05) is 12.2 Å². The predicted octanol–water partition coefficient (Wildman–Crippen LogP) is 2.78. The van der Waals surface area contributed by atoms with E-state index in [1.165, 1.54) is 7.11 Å². The summed E-state index contributed by atoms with van der Waals surface area (Å²) >= 11 is 1.56. The maximum Gasteiger partial charge on any atom is 0.337 e. The van der Waals surface area contributed by atoms with Crippen LogP contribution in [0.1, 0.15) is 43.1 Å². The summed E-state index contributed by atoms with van der Waals surface area (Å²) in [7, 11) is 1.32. The molecule has 160 valence electrons. The molecular formula is C23H22N2O5S. The molecule has 8 heteroatoms. The van der Waals surface area contributed by atoms with E-state index < -0.39 is 23.8 Å². The van der Waals surface area contributed by atoms with E-state index in [1.54, 1.807) is 59.1 Å². The van der Waals surface area contributed by atoms with Crippen LogP contribution in [0.15, 0.2) is 42.5 Å². The second kappa shape index (κ2) is 8.55. The molecule has 2 aliphatic rings. The topological polar surface area (TPSA) is 84.0 Å². The monoisotopic (exact) mass is 438 g/mol. The minimum Gasteiger partial charge on any atom is -0.465 e. The van der Waals surface area contributed by atoms with Crippen LogP contribution >= 0.6 is 11.8 Å². The number of methoxy groups -OCH3 is 1. The molecule has 0 aliphatic carbocycles. The molecule has 2 aromatic carbocycles. The number of rotatable bonds is 6. The summed E-state index contributed by atoms with van der Waals surface area (Å²) in [6, 6.07) is 10.8. The maximum absolute atomic E-state index is 13.6. The first-order valence-electron chi connectivity index (χ1n) is 9.96. The van der Waals surface area contributed by atoms with Crippen molar-refractivity contribution in [3.05, 3.63) is 64.7 Å². The number of hydrogen-bond donors (Lipinski definition) is 0. The molecule has 0 N–H and O–H groups in total. The molecule has 3 amide bonds. The number of thioether (sulfide) groups is 1. The highest BCUT2D eigenvalue weighted by atomic mass is 32.2. The highest BCUT2D eigenvalue weighted by molar-refractivity contribution is 7.98. The molecule has 0 spiro atoms. The second-order valence-corrected chi connectivity index (χ2v) is 8.38. The van der Waals surface area contributed by atoms with Crippen molar-refractivity contribution in [1.29, 1.82) is 0 Å². The number of carbonyl (C=O) groups is 4. The smallest absolute Gasteiger partial charge is 0.337 e. The Morgan fingerprint density at radius 3 is 2.39 bits per heavy atom. The van der Waals surface area contributed by atoms with E-state index in [-0.39, 0.29) is 5.91 Å². The molecule has 0 saturated carbocycles. The predicted molar refractivity (Wildman–Crippen MR) is 118 cm³/mol. The van der Waals surface area contributed by atoms with E-state index in [1.807, 2.05) is 6.26 Å². The molecule has 0 saturated heterocycles. The molecule has 0 bridgehead atoms. The minimum absolute atomic E-state index is 0.284. The van der Waals surface area contributed by atoms with E-state index in [9.17, 15) is 19.2 Å². The number of benzene rings is 2. The Labute approximate surface area is 184 Å². The van der Waals surface area contributed by atoms with Crippen molar-refractivity contribution in [1.82, 2.24) is 4.90 Å². The number of esters is 1. The summed E-state index contributed by atoms with van der Waals surface area (Å²) in [5.41, 5.74) is 2.65. The molecule has 7 nitrogen and oxygen atoms in total. The van der Waals surface area contributed by atoms with E-state index in [4.69, 9.17) is 4.74 Å². The Hall–Kier alpha value is -3.13. The highest BCUT2D eigenvalue weighted by Gasteiger charge is 2.44. The maximum atomic E-state index is 13.6. The van der Waals surface area contributed by atoms with E-state index >= 15 is 0 Å². The van der Waals surface area contributed by atoms with Gasteiger partial charge >= 0.3 is 5.97 Å². The molecule has 2 aliphatic heterocycles. The fourth-order valence-electron chi connectivity index (χ4n) is 4.14. The van der Waals surface area contributed by atoms with Crippen LogP contribution in [-0.2, 0) is 16.0 Å². The zero-order valence-electron chi connectivity index (χ0n) is 17.3. The van der Waals surface area contributed by atoms with E-state index in [0.29, 0.717) is 47.5 Å². The third-order valence-electron chi connectivity index (χ3n) is 5.68. The number of carbonyl (C=O) groups excluding carboxylic acids is 4. The molecule has 0 radical (unpaired) electrons. The van der Waals surface area contributed by atoms with Crippen LogP contribution in [0.3, 0.4) is 0 Å². The summed E-state index contributed by atoms with van der Waals surface area (Å²) in [6.07, 6.45) is 2.88. The Morgan fingerprint density at radius 2 is 1.77 bits per heavy atom. The summed E-state index contributed by atoms with van der Waals surface area (Å²) in [4.78, 5) is 54.2. The summed E-state index contributed by atoms with van der Waals surface area (Å²) < 4.78 is 4.77. The van der Waals surface area contributed by atoms with Crippen molar-refractivity contribution in [3.8, 4) is 0 Å². The van der Waals surface area contributed by atoms with Gasteiger partial charge in [0.05, 0.1) is 23.8 Å². The van der Waals surface area contributed by atoms with Crippen LogP contribution in [-0.4, -0.2) is 60.3 Å². The molecule has 2 aromatic rings. The number of anilines is 1. The summed E-state index contributed by atoms with van der Waals surface area (Å²) in [5, 5.41) is 0.